The lowest BCUT2D eigenvalue weighted by Gasteiger charge is -2.24. The number of aliphatic carboxylic acids is 1. The van der Waals surface area contributed by atoms with E-state index in [0.29, 0.717) is 29.4 Å². The number of unbranched alkanes of at least 4 members (excludes halogenated alkanes) is 2. The SMILES string of the molecule is CC(C)[C@H](NC(=O)[C@@H](Cc1cn(C(=O)OC(C)(C)C)c2ccccc12)NC(=O)[C@H](C)NC(=O)CCCCCN)C(=O)O. The van der Waals surface area contributed by atoms with Crippen molar-refractivity contribution in [3.8, 4) is 0 Å². The summed E-state index contributed by atoms with van der Waals surface area (Å²) >= 11 is 0. The van der Waals surface area contributed by atoms with Crippen LogP contribution in [0.5, 0.6) is 0 Å². The van der Waals surface area contributed by atoms with Crippen LogP contribution in [0.1, 0.15) is 72.8 Å². The van der Waals surface area contributed by atoms with Gasteiger partial charge in [0, 0.05) is 24.4 Å². The molecule has 0 saturated carbocycles. The van der Waals surface area contributed by atoms with E-state index in [2.05, 4.69) is 16.0 Å². The van der Waals surface area contributed by atoms with Gasteiger partial charge in [-0.15, -0.1) is 0 Å². The van der Waals surface area contributed by atoms with Gasteiger partial charge in [0.2, 0.25) is 17.7 Å². The standard InChI is InChI=1S/C30H45N5O7/c1-18(2)25(28(39)40)34-27(38)22(33-26(37)19(3)32-24(36)14-8-7-11-15-31)16-20-17-35(29(41)42-30(4,5)6)23-13-10-9-12-21(20)23/h9-10,12-13,17-19,22,25H,7-8,11,14-16,31H2,1-6H3,(H,32,36)(H,33,37)(H,34,38)(H,39,40)/t19-,22+,25-/m0/s1. The molecule has 3 amide bonds. The number of ether oxygens (including phenoxy) is 1. The molecule has 12 heteroatoms. The lowest BCUT2D eigenvalue weighted by Crippen LogP contribution is -2.56. The molecule has 6 N–H and O–H groups in total. The van der Waals surface area contributed by atoms with Crippen molar-refractivity contribution in [2.45, 2.75) is 97.4 Å². The third-order valence-electron chi connectivity index (χ3n) is 6.55. The first-order chi connectivity index (χ1) is 19.6. The molecule has 2 aromatic rings. The molecule has 0 aliphatic heterocycles. The van der Waals surface area contributed by atoms with Crippen molar-refractivity contribution < 1.29 is 33.8 Å². The van der Waals surface area contributed by atoms with E-state index in [1.807, 2.05) is 0 Å². The molecule has 0 bridgehead atoms. The van der Waals surface area contributed by atoms with Crippen molar-refractivity contribution in [2.24, 2.45) is 11.7 Å². The fourth-order valence-electron chi connectivity index (χ4n) is 4.35. The van der Waals surface area contributed by atoms with Crippen LogP contribution in [-0.2, 0) is 30.3 Å². The molecule has 2 rings (SSSR count). The van der Waals surface area contributed by atoms with Crippen molar-refractivity contribution >= 4 is 40.7 Å². The highest BCUT2D eigenvalue weighted by Gasteiger charge is 2.31. The minimum atomic E-state index is -1.21. The highest BCUT2D eigenvalue weighted by atomic mass is 16.6. The van der Waals surface area contributed by atoms with Crippen LogP contribution in [0, 0.1) is 5.92 Å². The number of carbonyl (C=O) groups excluding carboxylic acids is 4. The van der Waals surface area contributed by atoms with E-state index in [1.165, 1.54) is 11.5 Å². The van der Waals surface area contributed by atoms with Gasteiger partial charge in [0.05, 0.1) is 5.52 Å². The number of hydrogen-bond acceptors (Lipinski definition) is 7. The Labute approximate surface area is 246 Å². The van der Waals surface area contributed by atoms with E-state index in [9.17, 15) is 29.1 Å². The largest absolute Gasteiger partial charge is 0.480 e. The molecule has 12 nitrogen and oxygen atoms in total. The summed E-state index contributed by atoms with van der Waals surface area (Å²) in [6.07, 6.45) is 3.36. The Morgan fingerprint density at radius 2 is 1.62 bits per heavy atom. The van der Waals surface area contributed by atoms with E-state index in [4.69, 9.17) is 10.5 Å². The smallest absolute Gasteiger partial charge is 0.419 e. The van der Waals surface area contributed by atoms with E-state index < -0.39 is 53.5 Å². The number of rotatable bonds is 14. The highest BCUT2D eigenvalue weighted by Crippen LogP contribution is 2.24. The van der Waals surface area contributed by atoms with Gasteiger partial charge in [0.25, 0.3) is 0 Å². The summed E-state index contributed by atoms with van der Waals surface area (Å²) in [7, 11) is 0. The van der Waals surface area contributed by atoms with Gasteiger partial charge in [0.1, 0.15) is 23.7 Å². The summed E-state index contributed by atoms with van der Waals surface area (Å²) in [5.41, 5.74) is 5.85. The molecule has 0 unspecified atom stereocenters. The normalized spacial score (nSPS) is 13.7. The lowest BCUT2D eigenvalue weighted by atomic mass is 10.0. The van der Waals surface area contributed by atoms with Gasteiger partial charge in [-0.05, 0) is 64.6 Å². The lowest BCUT2D eigenvalue weighted by molar-refractivity contribution is -0.143. The number of carbonyl (C=O) groups is 5. The summed E-state index contributed by atoms with van der Waals surface area (Å²) in [6, 6.07) is 3.71. The number of nitrogens with zero attached hydrogens (tertiary/aromatic N) is 1. The zero-order valence-electron chi connectivity index (χ0n) is 25.4. The average Bonchev–Trinajstić information content (AvgIpc) is 3.26. The molecule has 1 aromatic carbocycles. The Hall–Kier alpha value is -3.93. The van der Waals surface area contributed by atoms with Gasteiger partial charge < -0.3 is 31.5 Å². The molecule has 0 spiro atoms. The van der Waals surface area contributed by atoms with Crippen molar-refractivity contribution in [3.05, 3.63) is 36.0 Å². The van der Waals surface area contributed by atoms with Crippen molar-refractivity contribution in [1.29, 1.82) is 0 Å². The molecule has 0 aliphatic carbocycles. The van der Waals surface area contributed by atoms with Crippen LogP contribution in [0.2, 0.25) is 0 Å². The van der Waals surface area contributed by atoms with E-state index in [-0.39, 0.29) is 18.7 Å². The molecule has 0 aliphatic rings. The van der Waals surface area contributed by atoms with Gasteiger partial charge in [0.15, 0.2) is 0 Å². The Bertz CT molecular complexity index is 1260. The number of para-hydroxylation sites is 1. The summed E-state index contributed by atoms with van der Waals surface area (Å²) in [4.78, 5) is 63.6. The van der Waals surface area contributed by atoms with Crippen molar-refractivity contribution in [3.63, 3.8) is 0 Å². The predicted octanol–water partition coefficient (Wildman–Crippen LogP) is 2.70. The van der Waals surface area contributed by atoms with Crippen molar-refractivity contribution in [2.75, 3.05) is 6.54 Å². The first-order valence-electron chi connectivity index (χ1n) is 14.3. The number of nitrogens with one attached hydrogen (secondary N) is 3. The average molecular weight is 588 g/mol. The molecule has 1 heterocycles. The van der Waals surface area contributed by atoms with Crippen LogP contribution in [-0.4, -0.2) is 69.7 Å². The Morgan fingerprint density at radius 3 is 2.21 bits per heavy atom. The van der Waals surface area contributed by atoms with Gasteiger partial charge in [-0.1, -0.05) is 38.5 Å². The van der Waals surface area contributed by atoms with Gasteiger partial charge >= 0.3 is 12.1 Å². The quantitative estimate of drug-likeness (QED) is 0.209. The first-order valence-corrected chi connectivity index (χ1v) is 14.3. The van der Waals surface area contributed by atoms with Crippen LogP contribution in [0.3, 0.4) is 0 Å². The number of benzene rings is 1. The number of amides is 3. The second-order valence-electron chi connectivity index (χ2n) is 11.7. The monoisotopic (exact) mass is 587 g/mol. The minimum Gasteiger partial charge on any atom is -0.480 e. The molecule has 0 radical (unpaired) electrons. The van der Waals surface area contributed by atoms with E-state index in [1.54, 1.807) is 65.1 Å². The van der Waals surface area contributed by atoms with Gasteiger partial charge in [-0.2, -0.15) is 0 Å². The first kappa shape index (κ1) is 34.3. The van der Waals surface area contributed by atoms with Crippen LogP contribution >= 0.6 is 0 Å². The van der Waals surface area contributed by atoms with E-state index >= 15 is 0 Å². The molecule has 0 fully saturated rings. The van der Waals surface area contributed by atoms with Crippen molar-refractivity contribution in [1.82, 2.24) is 20.5 Å². The highest BCUT2D eigenvalue weighted by molar-refractivity contribution is 5.95. The topological polar surface area (TPSA) is 182 Å². The molecule has 42 heavy (non-hydrogen) atoms. The maximum absolute atomic E-state index is 13.4. The summed E-state index contributed by atoms with van der Waals surface area (Å²) in [5, 5.41) is 18.1. The zero-order valence-corrected chi connectivity index (χ0v) is 25.4. The second kappa shape index (κ2) is 15.3. The molecule has 3 atom stereocenters. The number of hydrogen-bond donors (Lipinski definition) is 5. The molecular weight excluding hydrogens is 542 g/mol. The third-order valence-corrected chi connectivity index (χ3v) is 6.55. The van der Waals surface area contributed by atoms with Crippen LogP contribution in [0.25, 0.3) is 10.9 Å². The van der Waals surface area contributed by atoms with Gasteiger partial charge in [-0.25, -0.2) is 9.59 Å². The fourth-order valence-corrected chi connectivity index (χ4v) is 4.35. The molecule has 1 aromatic heterocycles. The van der Waals surface area contributed by atoms with Crippen LogP contribution < -0.4 is 21.7 Å². The zero-order chi connectivity index (χ0) is 31.6. The van der Waals surface area contributed by atoms with Gasteiger partial charge in [-0.3, -0.25) is 19.0 Å². The van der Waals surface area contributed by atoms with Crippen LogP contribution in [0.4, 0.5) is 4.79 Å². The maximum atomic E-state index is 13.4. The summed E-state index contributed by atoms with van der Waals surface area (Å²) < 4.78 is 6.88. The second-order valence-corrected chi connectivity index (χ2v) is 11.7. The number of fused-ring (bicyclic) bond motifs is 1. The molecular formula is C30H45N5O7. The Kier molecular flexibility index (Phi) is 12.5. The molecule has 232 valence electrons. The number of nitrogens with two attached hydrogens (primary N) is 1. The predicted molar refractivity (Wildman–Crippen MR) is 159 cm³/mol. The minimum absolute atomic E-state index is 0.0575. The third kappa shape index (κ3) is 10.2. The number of aromatic nitrogens is 1. The summed E-state index contributed by atoms with van der Waals surface area (Å²) in [6.45, 7) is 10.6. The maximum Gasteiger partial charge on any atom is 0.419 e. The number of carboxylic acids is 1. The Morgan fingerprint density at radius 1 is 0.952 bits per heavy atom. The van der Waals surface area contributed by atoms with E-state index in [0.717, 1.165) is 12.8 Å². The number of carboxylic acid groups (broad SMARTS) is 1. The van der Waals surface area contributed by atoms with Crippen LogP contribution in [0.15, 0.2) is 30.5 Å². The molecule has 0 saturated heterocycles. The Balaban J connectivity index is 2.35. The fraction of sp³-hybridized carbons (Fsp3) is 0.567. The summed E-state index contributed by atoms with van der Waals surface area (Å²) in [5.74, 6) is -3.26.